The number of nitrogens with one attached hydrogen (secondary N) is 1. The van der Waals surface area contributed by atoms with Crippen LogP contribution in [0.1, 0.15) is 57.4 Å². The summed E-state index contributed by atoms with van der Waals surface area (Å²) in [6.45, 7) is 8.61. The van der Waals surface area contributed by atoms with Gasteiger partial charge in [0.05, 0.1) is 0 Å². The van der Waals surface area contributed by atoms with Crippen molar-refractivity contribution in [2.45, 2.75) is 64.5 Å². The minimum Gasteiger partial charge on any atom is -0.342 e. The summed E-state index contributed by atoms with van der Waals surface area (Å²) in [6.07, 6.45) is 11.8. The Morgan fingerprint density at radius 3 is 3.00 bits per heavy atom. The molecular formula is C24H38N4O. The molecule has 0 spiro atoms. The fourth-order valence-electron chi connectivity index (χ4n) is 5.32. The van der Waals surface area contributed by atoms with E-state index in [9.17, 15) is 4.79 Å². The van der Waals surface area contributed by atoms with Gasteiger partial charge in [-0.15, -0.1) is 0 Å². The summed E-state index contributed by atoms with van der Waals surface area (Å²) < 4.78 is 0. The fourth-order valence-corrected chi connectivity index (χ4v) is 5.32. The highest BCUT2D eigenvalue weighted by Crippen LogP contribution is 2.32. The zero-order chi connectivity index (χ0) is 20.1. The number of nitrogens with zero attached hydrogens (tertiary/aromatic N) is 3. The first-order chi connectivity index (χ1) is 14.2. The molecule has 3 fully saturated rings. The van der Waals surface area contributed by atoms with Crippen molar-refractivity contribution in [2.24, 2.45) is 17.8 Å². The third kappa shape index (κ3) is 6.02. The first-order valence-corrected chi connectivity index (χ1v) is 11.8. The molecule has 1 aromatic heterocycles. The SMILES string of the molecule is CCCN(CC1CC1)C(=O)CCC[C@H]1NC[C@@H]2C[C@@H]1CN(Cc1cccnc1)C2. The second-order valence-electron chi connectivity index (χ2n) is 9.61. The van der Waals surface area contributed by atoms with Crippen LogP contribution in [0.15, 0.2) is 24.5 Å². The molecule has 2 bridgehead atoms. The van der Waals surface area contributed by atoms with E-state index in [4.69, 9.17) is 0 Å². The van der Waals surface area contributed by atoms with Crippen LogP contribution in [-0.2, 0) is 11.3 Å². The molecule has 1 amide bonds. The van der Waals surface area contributed by atoms with Crippen LogP contribution in [0, 0.1) is 17.8 Å². The van der Waals surface area contributed by atoms with Crippen molar-refractivity contribution in [1.29, 1.82) is 0 Å². The zero-order valence-corrected chi connectivity index (χ0v) is 18.1. The minimum atomic E-state index is 0.384. The van der Waals surface area contributed by atoms with Gasteiger partial charge in [-0.1, -0.05) is 13.0 Å². The number of aromatic nitrogens is 1. The molecule has 3 aliphatic rings. The number of rotatable bonds is 10. The number of piperidine rings is 2. The van der Waals surface area contributed by atoms with Crippen molar-refractivity contribution < 1.29 is 4.79 Å². The number of amides is 1. The second-order valence-corrected chi connectivity index (χ2v) is 9.61. The molecule has 5 nitrogen and oxygen atoms in total. The van der Waals surface area contributed by atoms with E-state index in [1.165, 1.54) is 37.9 Å². The molecule has 0 unspecified atom stereocenters. The minimum absolute atomic E-state index is 0.384. The maximum absolute atomic E-state index is 12.7. The van der Waals surface area contributed by atoms with Crippen molar-refractivity contribution >= 4 is 5.91 Å². The van der Waals surface area contributed by atoms with E-state index in [1.807, 2.05) is 18.5 Å². The topological polar surface area (TPSA) is 48.5 Å². The maximum atomic E-state index is 12.7. The largest absolute Gasteiger partial charge is 0.342 e. The van der Waals surface area contributed by atoms with Crippen molar-refractivity contribution in [3.05, 3.63) is 30.1 Å². The van der Waals surface area contributed by atoms with Gasteiger partial charge in [-0.2, -0.15) is 0 Å². The molecule has 5 heteroatoms. The number of hydrogen-bond donors (Lipinski definition) is 1. The lowest BCUT2D eigenvalue weighted by Gasteiger charge is -2.46. The van der Waals surface area contributed by atoms with E-state index < -0.39 is 0 Å². The first-order valence-electron chi connectivity index (χ1n) is 11.8. The number of fused-ring (bicyclic) bond motifs is 2. The van der Waals surface area contributed by atoms with Crippen molar-refractivity contribution in [2.75, 3.05) is 32.7 Å². The van der Waals surface area contributed by atoms with Gasteiger partial charge in [-0.05, 0) is 74.5 Å². The van der Waals surface area contributed by atoms with Gasteiger partial charge >= 0.3 is 0 Å². The molecule has 4 rings (SSSR count). The van der Waals surface area contributed by atoms with E-state index in [0.29, 0.717) is 17.9 Å². The molecule has 1 aliphatic carbocycles. The number of pyridine rings is 1. The number of hydrogen-bond acceptors (Lipinski definition) is 4. The van der Waals surface area contributed by atoms with Gasteiger partial charge in [0.1, 0.15) is 0 Å². The smallest absolute Gasteiger partial charge is 0.222 e. The standard InChI is InChI=1S/C24H38N4O/c1-2-11-28(17-19-8-9-19)24(29)7-3-6-23-22-12-21(14-26-23)16-27(18-22)15-20-5-4-10-25-13-20/h4-5,10,13,19,21-23,26H,2-3,6-9,11-12,14-18H2,1H3/t21-,22+,23+/m0/s1. The zero-order valence-electron chi connectivity index (χ0n) is 18.1. The Hall–Kier alpha value is -1.46. The van der Waals surface area contributed by atoms with Crippen LogP contribution in [0.3, 0.4) is 0 Å². The second kappa shape index (κ2) is 10.0. The Labute approximate surface area is 176 Å². The predicted octanol–water partition coefficient (Wildman–Crippen LogP) is 3.31. The van der Waals surface area contributed by atoms with E-state index in [1.54, 1.807) is 0 Å². The molecule has 3 atom stereocenters. The monoisotopic (exact) mass is 398 g/mol. The molecular weight excluding hydrogens is 360 g/mol. The lowest BCUT2D eigenvalue weighted by Crippen LogP contribution is -2.55. The lowest BCUT2D eigenvalue weighted by molar-refractivity contribution is -0.131. The van der Waals surface area contributed by atoms with Gasteiger partial charge in [0.15, 0.2) is 0 Å². The molecule has 1 saturated carbocycles. The Morgan fingerprint density at radius 2 is 2.24 bits per heavy atom. The van der Waals surface area contributed by atoms with Crippen LogP contribution in [-0.4, -0.2) is 59.5 Å². The molecule has 0 radical (unpaired) electrons. The number of carbonyl (C=O) groups is 1. The molecule has 2 saturated heterocycles. The van der Waals surface area contributed by atoms with Crippen LogP contribution in [0.4, 0.5) is 0 Å². The van der Waals surface area contributed by atoms with Crippen LogP contribution in [0.2, 0.25) is 0 Å². The van der Waals surface area contributed by atoms with E-state index in [0.717, 1.165) is 63.7 Å². The molecule has 2 aliphatic heterocycles. The highest BCUT2D eigenvalue weighted by molar-refractivity contribution is 5.76. The van der Waals surface area contributed by atoms with Crippen LogP contribution in [0.5, 0.6) is 0 Å². The summed E-state index contributed by atoms with van der Waals surface area (Å²) in [5.41, 5.74) is 1.31. The lowest BCUT2D eigenvalue weighted by atomic mass is 9.79. The van der Waals surface area contributed by atoms with Crippen molar-refractivity contribution in [3.8, 4) is 0 Å². The molecule has 0 aromatic carbocycles. The third-order valence-electron chi connectivity index (χ3n) is 6.94. The summed E-state index contributed by atoms with van der Waals surface area (Å²) >= 11 is 0. The Balaban J connectivity index is 1.23. The van der Waals surface area contributed by atoms with E-state index in [2.05, 4.69) is 33.1 Å². The van der Waals surface area contributed by atoms with Gasteiger partial charge in [-0.3, -0.25) is 14.7 Å². The molecule has 29 heavy (non-hydrogen) atoms. The normalized spacial score (nSPS) is 27.0. The predicted molar refractivity (Wildman–Crippen MR) is 116 cm³/mol. The average molecular weight is 399 g/mol. The summed E-state index contributed by atoms with van der Waals surface area (Å²) in [5, 5.41) is 3.81. The van der Waals surface area contributed by atoms with Crippen molar-refractivity contribution in [3.63, 3.8) is 0 Å². The highest BCUT2D eigenvalue weighted by Gasteiger charge is 2.36. The van der Waals surface area contributed by atoms with E-state index in [-0.39, 0.29) is 0 Å². The van der Waals surface area contributed by atoms with Gasteiger partial charge in [0, 0.05) is 57.6 Å². The summed E-state index contributed by atoms with van der Waals surface area (Å²) in [7, 11) is 0. The Morgan fingerprint density at radius 1 is 1.34 bits per heavy atom. The average Bonchev–Trinajstić information content (AvgIpc) is 3.54. The first kappa shape index (κ1) is 20.8. The third-order valence-corrected chi connectivity index (χ3v) is 6.94. The number of carbonyl (C=O) groups excluding carboxylic acids is 1. The van der Waals surface area contributed by atoms with Gasteiger partial charge in [0.25, 0.3) is 0 Å². The molecule has 1 N–H and O–H groups in total. The highest BCUT2D eigenvalue weighted by atomic mass is 16.2. The van der Waals surface area contributed by atoms with Gasteiger partial charge < -0.3 is 10.2 Å². The van der Waals surface area contributed by atoms with Crippen molar-refractivity contribution in [1.82, 2.24) is 20.1 Å². The molecule has 3 heterocycles. The van der Waals surface area contributed by atoms with Gasteiger partial charge in [0.2, 0.25) is 5.91 Å². The Bertz CT molecular complexity index is 648. The quantitative estimate of drug-likeness (QED) is 0.657. The summed E-state index contributed by atoms with van der Waals surface area (Å²) in [4.78, 5) is 21.7. The summed E-state index contributed by atoms with van der Waals surface area (Å²) in [5.74, 6) is 2.65. The maximum Gasteiger partial charge on any atom is 0.222 e. The van der Waals surface area contributed by atoms with E-state index >= 15 is 0 Å². The van der Waals surface area contributed by atoms with Crippen LogP contribution >= 0.6 is 0 Å². The number of likely N-dealkylation sites (tertiary alicyclic amines) is 1. The molecule has 1 aromatic rings. The van der Waals surface area contributed by atoms with Crippen LogP contribution in [0.25, 0.3) is 0 Å². The summed E-state index contributed by atoms with van der Waals surface area (Å²) in [6, 6.07) is 4.79. The van der Waals surface area contributed by atoms with Crippen LogP contribution < -0.4 is 5.32 Å². The molecule has 160 valence electrons. The fraction of sp³-hybridized carbons (Fsp3) is 0.750. The Kier molecular flexibility index (Phi) is 7.20. The van der Waals surface area contributed by atoms with Gasteiger partial charge in [-0.25, -0.2) is 0 Å².